The van der Waals surface area contributed by atoms with Crippen LogP contribution in [0.1, 0.15) is 19.4 Å². The van der Waals surface area contributed by atoms with E-state index in [0.717, 1.165) is 5.56 Å². The number of ether oxygens (including phenoxy) is 2. The summed E-state index contributed by atoms with van der Waals surface area (Å²) in [5, 5.41) is 0. The molecule has 4 heteroatoms. The minimum absolute atomic E-state index is 0.233. The van der Waals surface area contributed by atoms with Crippen molar-refractivity contribution >= 4 is 0 Å². The number of hydrogen-bond donors (Lipinski definition) is 1. The molecule has 1 aromatic heterocycles. The molecule has 0 saturated heterocycles. The quantitative estimate of drug-likeness (QED) is 0.720. The summed E-state index contributed by atoms with van der Waals surface area (Å²) in [7, 11) is 0. The average molecular weight is 210 g/mol. The molecule has 0 aliphatic carbocycles. The van der Waals surface area contributed by atoms with E-state index in [4.69, 9.17) is 15.2 Å². The first kappa shape index (κ1) is 11.9. The molecule has 0 aromatic carbocycles. The summed E-state index contributed by atoms with van der Waals surface area (Å²) in [5.41, 5.74) is 6.52. The van der Waals surface area contributed by atoms with Gasteiger partial charge in [0.1, 0.15) is 6.61 Å². The van der Waals surface area contributed by atoms with Crippen molar-refractivity contribution in [2.75, 3.05) is 13.2 Å². The topological polar surface area (TPSA) is 57.4 Å². The Morgan fingerprint density at radius 3 is 2.87 bits per heavy atom. The molecule has 1 rings (SSSR count). The minimum Gasteiger partial charge on any atom is -0.475 e. The van der Waals surface area contributed by atoms with Crippen molar-refractivity contribution in [3.63, 3.8) is 0 Å². The van der Waals surface area contributed by atoms with E-state index in [0.29, 0.717) is 25.6 Å². The van der Waals surface area contributed by atoms with Gasteiger partial charge in [-0.1, -0.05) is 0 Å². The van der Waals surface area contributed by atoms with Crippen LogP contribution in [0.25, 0.3) is 0 Å². The monoisotopic (exact) mass is 210 g/mol. The molecule has 0 radical (unpaired) electrons. The highest BCUT2D eigenvalue weighted by Gasteiger charge is 1.98. The van der Waals surface area contributed by atoms with Crippen LogP contribution in [0.5, 0.6) is 5.88 Å². The molecule has 0 aliphatic rings. The third-order valence-corrected chi connectivity index (χ3v) is 1.82. The van der Waals surface area contributed by atoms with Gasteiger partial charge in [-0.15, -0.1) is 0 Å². The van der Waals surface area contributed by atoms with Gasteiger partial charge in [0.2, 0.25) is 5.88 Å². The van der Waals surface area contributed by atoms with Crippen LogP contribution in [0.3, 0.4) is 0 Å². The van der Waals surface area contributed by atoms with Gasteiger partial charge in [0, 0.05) is 18.8 Å². The fourth-order valence-corrected chi connectivity index (χ4v) is 1.09. The van der Waals surface area contributed by atoms with Crippen LogP contribution in [-0.4, -0.2) is 24.3 Å². The molecule has 0 aliphatic heterocycles. The Morgan fingerprint density at radius 2 is 2.20 bits per heavy atom. The summed E-state index contributed by atoms with van der Waals surface area (Å²) < 4.78 is 10.7. The van der Waals surface area contributed by atoms with E-state index < -0.39 is 0 Å². The second-order valence-electron chi connectivity index (χ2n) is 3.47. The number of nitrogens with two attached hydrogens (primary N) is 1. The normalized spacial score (nSPS) is 10.7. The van der Waals surface area contributed by atoms with Gasteiger partial charge < -0.3 is 15.2 Å². The van der Waals surface area contributed by atoms with Gasteiger partial charge in [0.15, 0.2) is 0 Å². The van der Waals surface area contributed by atoms with Crippen molar-refractivity contribution < 1.29 is 9.47 Å². The van der Waals surface area contributed by atoms with Gasteiger partial charge in [0.05, 0.1) is 12.7 Å². The van der Waals surface area contributed by atoms with Crippen LogP contribution in [0.2, 0.25) is 0 Å². The highest BCUT2D eigenvalue weighted by atomic mass is 16.5. The first-order valence-electron chi connectivity index (χ1n) is 5.11. The number of hydrogen-bond acceptors (Lipinski definition) is 4. The molecule has 0 unspecified atom stereocenters. The smallest absolute Gasteiger partial charge is 0.213 e. The van der Waals surface area contributed by atoms with E-state index in [1.807, 2.05) is 26.0 Å². The standard InChI is InChI=1S/C11H18N2O2/c1-9(2)14-5-6-15-11-7-10(8-12)3-4-13-11/h3-4,7,9H,5-6,8,12H2,1-2H3. The summed E-state index contributed by atoms with van der Waals surface area (Å²) >= 11 is 0. The Kier molecular flexibility index (Phi) is 5.07. The van der Waals surface area contributed by atoms with E-state index in [2.05, 4.69) is 4.98 Å². The van der Waals surface area contributed by atoms with Crippen LogP contribution in [0.15, 0.2) is 18.3 Å². The Bertz CT molecular complexity index is 290. The summed E-state index contributed by atoms with van der Waals surface area (Å²) in [5.74, 6) is 0.602. The highest BCUT2D eigenvalue weighted by Crippen LogP contribution is 2.08. The van der Waals surface area contributed by atoms with Crippen molar-refractivity contribution in [3.8, 4) is 5.88 Å². The number of pyridine rings is 1. The third kappa shape index (κ3) is 4.76. The predicted octanol–water partition coefficient (Wildman–Crippen LogP) is 1.34. The van der Waals surface area contributed by atoms with E-state index in [-0.39, 0.29) is 6.10 Å². The van der Waals surface area contributed by atoms with Crippen LogP contribution in [-0.2, 0) is 11.3 Å². The molecule has 0 saturated carbocycles. The molecule has 15 heavy (non-hydrogen) atoms. The largest absolute Gasteiger partial charge is 0.475 e. The molecule has 0 spiro atoms. The molecule has 0 amide bonds. The number of aromatic nitrogens is 1. The zero-order chi connectivity index (χ0) is 11.1. The first-order valence-corrected chi connectivity index (χ1v) is 5.11. The third-order valence-electron chi connectivity index (χ3n) is 1.82. The maximum atomic E-state index is 5.51. The van der Waals surface area contributed by atoms with Gasteiger partial charge in [-0.3, -0.25) is 0 Å². The maximum absolute atomic E-state index is 5.51. The number of nitrogens with zero attached hydrogens (tertiary/aromatic N) is 1. The average Bonchev–Trinajstić information content (AvgIpc) is 2.24. The predicted molar refractivity (Wildman–Crippen MR) is 58.7 cm³/mol. The fourth-order valence-electron chi connectivity index (χ4n) is 1.09. The molecule has 4 nitrogen and oxygen atoms in total. The van der Waals surface area contributed by atoms with E-state index in [1.165, 1.54) is 0 Å². The summed E-state index contributed by atoms with van der Waals surface area (Å²) in [6, 6.07) is 3.72. The zero-order valence-electron chi connectivity index (χ0n) is 9.27. The van der Waals surface area contributed by atoms with Gasteiger partial charge in [-0.2, -0.15) is 0 Å². The second-order valence-corrected chi connectivity index (χ2v) is 3.47. The van der Waals surface area contributed by atoms with E-state index in [1.54, 1.807) is 6.20 Å². The summed E-state index contributed by atoms with van der Waals surface area (Å²) in [4.78, 5) is 4.07. The van der Waals surface area contributed by atoms with Gasteiger partial charge in [0.25, 0.3) is 0 Å². The lowest BCUT2D eigenvalue weighted by Gasteiger charge is -2.08. The lowest BCUT2D eigenvalue weighted by Crippen LogP contribution is -2.12. The van der Waals surface area contributed by atoms with Crippen molar-refractivity contribution in [1.29, 1.82) is 0 Å². The van der Waals surface area contributed by atoms with Crippen LogP contribution in [0.4, 0.5) is 0 Å². The fraction of sp³-hybridized carbons (Fsp3) is 0.545. The van der Waals surface area contributed by atoms with Gasteiger partial charge >= 0.3 is 0 Å². The molecule has 84 valence electrons. The van der Waals surface area contributed by atoms with Crippen LogP contribution in [0, 0.1) is 0 Å². The SMILES string of the molecule is CC(C)OCCOc1cc(CN)ccn1. The van der Waals surface area contributed by atoms with Crippen LogP contribution < -0.4 is 10.5 Å². The van der Waals surface area contributed by atoms with Crippen molar-refractivity contribution in [2.24, 2.45) is 5.73 Å². The maximum Gasteiger partial charge on any atom is 0.213 e. The Balaban J connectivity index is 2.30. The zero-order valence-corrected chi connectivity index (χ0v) is 9.27. The minimum atomic E-state index is 0.233. The molecule has 1 heterocycles. The molecule has 0 atom stereocenters. The molecule has 0 bridgehead atoms. The number of rotatable bonds is 6. The summed E-state index contributed by atoms with van der Waals surface area (Å²) in [6.07, 6.45) is 1.93. The van der Waals surface area contributed by atoms with Crippen molar-refractivity contribution in [2.45, 2.75) is 26.5 Å². The van der Waals surface area contributed by atoms with Gasteiger partial charge in [-0.25, -0.2) is 4.98 Å². The van der Waals surface area contributed by atoms with Crippen molar-refractivity contribution in [3.05, 3.63) is 23.9 Å². The van der Waals surface area contributed by atoms with E-state index in [9.17, 15) is 0 Å². The lowest BCUT2D eigenvalue weighted by atomic mass is 10.3. The molecular formula is C11H18N2O2. The van der Waals surface area contributed by atoms with Gasteiger partial charge in [-0.05, 0) is 25.5 Å². The second kappa shape index (κ2) is 6.37. The van der Waals surface area contributed by atoms with E-state index >= 15 is 0 Å². The molecule has 0 fully saturated rings. The van der Waals surface area contributed by atoms with Crippen LogP contribution >= 0.6 is 0 Å². The molecule has 2 N–H and O–H groups in total. The Hall–Kier alpha value is -1.13. The lowest BCUT2D eigenvalue weighted by molar-refractivity contribution is 0.0542. The Morgan fingerprint density at radius 1 is 1.40 bits per heavy atom. The molecule has 1 aromatic rings. The van der Waals surface area contributed by atoms with Crippen molar-refractivity contribution in [1.82, 2.24) is 4.98 Å². The Labute approximate surface area is 90.4 Å². The summed E-state index contributed by atoms with van der Waals surface area (Å²) in [6.45, 7) is 5.58. The highest BCUT2D eigenvalue weighted by molar-refractivity contribution is 5.19. The molecular weight excluding hydrogens is 192 g/mol. The first-order chi connectivity index (χ1) is 7.22.